The maximum absolute atomic E-state index is 13.6. The molecule has 3 aromatic rings. The third-order valence-electron chi connectivity index (χ3n) is 6.62. The molecule has 0 spiro atoms. The van der Waals surface area contributed by atoms with Crippen molar-refractivity contribution in [3.8, 4) is 5.75 Å². The number of carbonyl (C=O) groups is 1. The summed E-state index contributed by atoms with van der Waals surface area (Å²) in [5.74, 6) is -1.82. The van der Waals surface area contributed by atoms with Crippen LogP contribution in [0.25, 0.3) is 0 Å². The lowest BCUT2D eigenvalue weighted by molar-refractivity contribution is -0.0880. The summed E-state index contributed by atoms with van der Waals surface area (Å²) in [7, 11) is -5.21. The Labute approximate surface area is 228 Å². The van der Waals surface area contributed by atoms with Gasteiger partial charge in [-0.25, -0.2) is 17.5 Å². The zero-order chi connectivity index (χ0) is 31.5. The Kier molecular flexibility index (Phi) is 6.15. The lowest BCUT2D eigenvalue weighted by Gasteiger charge is -2.47. The highest BCUT2D eigenvalue weighted by molar-refractivity contribution is 7.88. The van der Waals surface area contributed by atoms with Crippen molar-refractivity contribution in [1.29, 1.82) is 0 Å². The number of hydrogen-bond acceptors (Lipinski definition) is 6. The molecule has 0 bridgehead atoms. The third kappa shape index (κ3) is 6.21. The average Bonchev–Trinajstić information content (AvgIpc) is 2.93. The van der Waals surface area contributed by atoms with Crippen LogP contribution in [0, 0.1) is 5.92 Å². The Morgan fingerprint density at radius 3 is 2.51 bits per heavy atom. The van der Waals surface area contributed by atoms with Gasteiger partial charge in [0.25, 0.3) is 0 Å². The molecule has 196 valence electrons. The van der Waals surface area contributed by atoms with Crippen molar-refractivity contribution in [2.75, 3.05) is 40.7 Å². The second-order valence-corrected chi connectivity index (χ2v) is 11.2. The van der Waals surface area contributed by atoms with Crippen molar-refractivity contribution in [1.82, 2.24) is 9.21 Å². The molecule has 0 saturated carbocycles. The van der Waals surface area contributed by atoms with E-state index in [0.29, 0.717) is 11.1 Å². The summed E-state index contributed by atoms with van der Waals surface area (Å²) in [5.41, 5.74) is -0.318. The van der Waals surface area contributed by atoms with Crippen molar-refractivity contribution >= 4 is 16.0 Å². The molecule has 1 aliphatic rings. The van der Waals surface area contributed by atoms with Gasteiger partial charge in [0.15, 0.2) is 0 Å². The number of carbonyl (C=O) groups excluding carboxylic acids is 1. The number of piperidine rings is 1. The molecule has 4 rings (SSSR count). The van der Waals surface area contributed by atoms with Gasteiger partial charge in [-0.15, -0.1) is 0 Å². The monoisotopic (exact) mass is 528 g/mol. The third-order valence-corrected chi connectivity index (χ3v) is 8.44. The predicted molar refractivity (Wildman–Crippen MR) is 144 cm³/mol. The smallest absolute Gasteiger partial charge is 0.339 e. The minimum atomic E-state index is -3.85. The fourth-order valence-electron chi connectivity index (χ4n) is 4.84. The van der Waals surface area contributed by atoms with Gasteiger partial charge in [0.05, 0.1) is 22.5 Å². The molecule has 1 heterocycles. The number of nitrogens with zero attached hydrogens (tertiary/aromatic N) is 2. The summed E-state index contributed by atoms with van der Waals surface area (Å²) in [5, 5.41) is 0. The number of rotatable bonds is 9. The number of hydrogen-bond donors (Lipinski definition) is 0. The van der Waals surface area contributed by atoms with E-state index in [1.54, 1.807) is 72.8 Å². The fourth-order valence-corrected chi connectivity index (χ4v) is 6.41. The van der Waals surface area contributed by atoms with Crippen molar-refractivity contribution in [3.05, 3.63) is 102 Å². The second-order valence-electron chi connectivity index (χ2n) is 9.20. The van der Waals surface area contributed by atoms with E-state index >= 15 is 0 Å². The van der Waals surface area contributed by atoms with Gasteiger partial charge in [0.2, 0.25) is 10.0 Å². The maximum atomic E-state index is 13.6. The molecule has 1 saturated heterocycles. The quantitative estimate of drug-likeness (QED) is 0.388. The van der Waals surface area contributed by atoms with Crippen LogP contribution < -0.4 is 4.74 Å². The molecule has 0 N–H and O–H groups in total. The SMILES string of the molecule is [2H]C([2H])([2H])Oc1cccc([C@]2(OC(=O)c3ccccc3)CCN(S(=O)(=O)Cc3ccccc3)C[C@H]2CN(C)C([2H])([2H])[2H])c1. The first kappa shape index (κ1) is 19.9. The lowest BCUT2D eigenvalue weighted by atomic mass is 9.75. The van der Waals surface area contributed by atoms with Crippen molar-refractivity contribution in [2.45, 2.75) is 17.8 Å². The Bertz CT molecular complexity index is 1500. The van der Waals surface area contributed by atoms with Crippen LogP contribution in [0.15, 0.2) is 84.9 Å². The first-order valence-corrected chi connectivity index (χ1v) is 13.5. The predicted octanol–water partition coefficient (Wildman–Crippen LogP) is 4.16. The number of sulfonamides is 1. The minimum Gasteiger partial charge on any atom is -0.497 e. The number of esters is 1. The van der Waals surface area contributed by atoms with Gasteiger partial charge in [-0.05, 0) is 49.4 Å². The van der Waals surface area contributed by atoms with E-state index in [1.807, 2.05) is 0 Å². The molecule has 2 atom stereocenters. The molecular weight excluding hydrogens is 488 g/mol. The summed E-state index contributed by atoms with van der Waals surface area (Å²) in [4.78, 5) is 14.7. The van der Waals surface area contributed by atoms with Gasteiger partial charge < -0.3 is 14.4 Å². The summed E-state index contributed by atoms with van der Waals surface area (Å²) in [6, 6.07) is 23.0. The van der Waals surface area contributed by atoms with Crippen LogP contribution in [0.1, 0.15) is 36.1 Å². The van der Waals surface area contributed by atoms with Gasteiger partial charge in [-0.3, -0.25) is 0 Å². The van der Waals surface area contributed by atoms with E-state index in [2.05, 4.69) is 0 Å². The van der Waals surface area contributed by atoms with Gasteiger partial charge >= 0.3 is 5.97 Å². The molecule has 0 amide bonds. The molecule has 3 aromatic carbocycles. The molecular formula is C29H34N2O5S. The molecule has 0 aliphatic carbocycles. The Balaban J connectivity index is 1.80. The number of benzene rings is 3. The Hall–Kier alpha value is -3.20. The van der Waals surface area contributed by atoms with E-state index in [9.17, 15) is 13.2 Å². The van der Waals surface area contributed by atoms with Gasteiger partial charge in [0, 0.05) is 36.1 Å². The van der Waals surface area contributed by atoms with Crippen LogP contribution in [-0.2, 0) is 26.1 Å². The van der Waals surface area contributed by atoms with E-state index in [0.717, 1.165) is 4.90 Å². The van der Waals surface area contributed by atoms with E-state index in [4.69, 9.17) is 17.7 Å². The van der Waals surface area contributed by atoms with Gasteiger partial charge in [-0.1, -0.05) is 60.7 Å². The molecule has 8 heteroatoms. The van der Waals surface area contributed by atoms with Crippen molar-refractivity contribution in [2.24, 2.45) is 5.92 Å². The zero-order valence-corrected chi connectivity index (χ0v) is 21.4. The minimum absolute atomic E-state index is 0.00492. The first-order chi connectivity index (χ1) is 20.1. The van der Waals surface area contributed by atoms with Gasteiger partial charge in [-0.2, -0.15) is 0 Å². The Morgan fingerprint density at radius 1 is 1.08 bits per heavy atom. The summed E-state index contributed by atoms with van der Waals surface area (Å²) in [6.45, 7) is -2.87. The average molecular weight is 529 g/mol. The number of methoxy groups -OCH3 is 1. The molecule has 0 radical (unpaired) electrons. The van der Waals surface area contributed by atoms with Crippen LogP contribution in [-0.4, -0.2) is 64.3 Å². The highest BCUT2D eigenvalue weighted by atomic mass is 32.2. The summed E-state index contributed by atoms with van der Waals surface area (Å²) >= 11 is 0. The number of ether oxygens (including phenoxy) is 2. The largest absolute Gasteiger partial charge is 0.497 e. The van der Waals surface area contributed by atoms with E-state index in [1.165, 1.54) is 23.5 Å². The summed E-state index contributed by atoms with van der Waals surface area (Å²) in [6.07, 6.45) is -0.0175. The normalized spacial score (nSPS) is 23.6. The second kappa shape index (κ2) is 11.5. The van der Waals surface area contributed by atoms with Crippen LogP contribution in [0.3, 0.4) is 0 Å². The van der Waals surface area contributed by atoms with Crippen LogP contribution in [0.5, 0.6) is 5.75 Å². The molecule has 7 nitrogen and oxygen atoms in total. The van der Waals surface area contributed by atoms with Crippen LogP contribution >= 0.6 is 0 Å². The van der Waals surface area contributed by atoms with E-state index in [-0.39, 0.29) is 43.1 Å². The maximum Gasteiger partial charge on any atom is 0.339 e. The fraction of sp³-hybridized carbons (Fsp3) is 0.345. The molecule has 1 aliphatic heterocycles. The highest BCUT2D eigenvalue weighted by Gasteiger charge is 2.50. The first-order valence-electron chi connectivity index (χ1n) is 14.9. The lowest BCUT2D eigenvalue weighted by Crippen LogP contribution is -2.56. The topological polar surface area (TPSA) is 76.1 Å². The van der Waals surface area contributed by atoms with Gasteiger partial charge in [0.1, 0.15) is 11.4 Å². The van der Waals surface area contributed by atoms with E-state index < -0.39 is 41.5 Å². The van der Waals surface area contributed by atoms with Crippen LogP contribution in [0.2, 0.25) is 0 Å². The molecule has 37 heavy (non-hydrogen) atoms. The Morgan fingerprint density at radius 2 is 1.81 bits per heavy atom. The van der Waals surface area contributed by atoms with Crippen molar-refractivity contribution < 1.29 is 30.9 Å². The van der Waals surface area contributed by atoms with Crippen LogP contribution in [0.4, 0.5) is 0 Å². The highest BCUT2D eigenvalue weighted by Crippen LogP contribution is 2.44. The zero-order valence-electron chi connectivity index (χ0n) is 26.5. The standard InChI is InChI=1S/C29H34N2O5S/c1-30(2)20-26-21-31(37(33,34)22-23-11-6-4-7-12-23)18-17-29(26,25-15-10-16-27(19-25)35-3)36-28(32)24-13-8-5-9-14-24/h4-16,19,26H,17-18,20-22H2,1-3H3/t26-,29-/m1/s1/i1D3,3D3. The molecule has 0 aromatic heterocycles. The molecule has 1 fully saturated rings. The molecule has 0 unspecified atom stereocenters. The van der Waals surface area contributed by atoms with Crippen molar-refractivity contribution in [3.63, 3.8) is 0 Å². The summed E-state index contributed by atoms with van der Waals surface area (Å²) < 4.78 is 86.4.